The summed E-state index contributed by atoms with van der Waals surface area (Å²) in [6.45, 7) is 9.18. The smallest absolute Gasteiger partial charge is 0.303 e. The molecule has 0 spiro atoms. The van der Waals surface area contributed by atoms with Crippen LogP contribution < -0.4 is 0 Å². The van der Waals surface area contributed by atoms with Crippen LogP contribution in [0.25, 0.3) is 0 Å². The van der Waals surface area contributed by atoms with Gasteiger partial charge in [-0.2, -0.15) is 0 Å². The van der Waals surface area contributed by atoms with Crippen molar-refractivity contribution in [3.8, 4) is 0 Å². The molecule has 2 rings (SSSR count). The lowest BCUT2D eigenvalue weighted by Gasteiger charge is -2.46. The minimum Gasteiger partial charge on any atom is -0.456 e. The number of esters is 5. The lowest BCUT2D eigenvalue weighted by Crippen LogP contribution is -2.65. The second kappa shape index (κ2) is 18.2. The summed E-state index contributed by atoms with van der Waals surface area (Å²) in [5.74, 6) is -7.10. The van der Waals surface area contributed by atoms with Crippen molar-refractivity contribution < 1.29 is 76.3 Å². The van der Waals surface area contributed by atoms with Crippen molar-refractivity contribution in [3.05, 3.63) is 0 Å². The van der Waals surface area contributed by atoms with Crippen LogP contribution in [-0.4, -0.2) is 117 Å². The molecule has 0 saturated carbocycles. The molecule has 0 aliphatic carbocycles. The third-order valence-corrected chi connectivity index (χ3v) is 8.99. The summed E-state index contributed by atoms with van der Waals surface area (Å²) in [5.41, 5.74) is 0. The highest BCUT2D eigenvalue weighted by Crippen LogP contribution is 2.43. The minimum absolute atomic E-state index is 0.109. The fraction of sp³-hybridized carbons (Fsp3) is 0.714. The van der Waals surface area contributed by atoms with Gasteiger partial charge in [0.05, 0.1) is 5.75 Å². The third-order valence-electron chi connectivity index (χ3n) is 6.24. The van der Waals surface area contributed by atoms with Gasteiger partial charge in [-0.25, -0.2) is 0 Å². The van der Waals surface area contributed by atoms with Crippen LogP contribution in [0.3, 0.4) is 0 Å². The summed E-state index contributed by atoms with van der Waals surface area (Å²) in [4.78, 5) is 97.4. The summed E-state index contributed by atoms with van der Waals surface area (Å²) in [7, 11) is 0. The first kappa shape index (κ1) is 40.5. The molecule has 2 aliphatic rings. The second-order valence-corrected chi connectivity index (χ2v) is 13.9. The molecule has 6 unspecified atom stereocenters. The monoisotopic (exact) mass is 726 g/mol. The summed E-state index contributed by atoms with van der Waals surface area (Å²) in [5, 5.41) is -1.07. The van der Waals surface area contributed by atoms with Gasteiger partial charge in [0.1, 0.15) is 12.2 Å². The summed E-state index contributed by atoms with van der Waals surface area (Å²) < 4.78 is 46.3. The molecule has 0 aromatic carbocycles. The van der Waals surface area contributed by atoms with Crippen molar-refractivity contribution in [2.24, 2.45) is 0 Å². The maximum atomic E-state index is 12.4. The van der Waals surface area contributed by atoms with Crippen LogP contribution in [0.2, 0.25) is 0 Å². The number of ether oxygens (including phenoxy) is 8. The van der Waals surface area contributed by atoms with Crippen molar-refractivity contribution in [2.75, 3.05) is 17.3 Å². The van der Waals surface area contributed by atoms with E-state index in [2.05, 4.69) is 0 Å². The molecular formula is C28H38O16S3. The highest BCUT2D eigenvalue weighted by molar-refractivity contribution is 8.14. The van der Waals surface area contributed by atoms with E-state index in [4.69, 9.17) is 37.9 Å². The Balaban J connectivity index is 2.78. The van der Waals surface area contributed by atoms with Crippen LogP contribution in [-0.2, 0) is 76.3 Å². The predicted molar refractivity (Wildman–Crippen MR) is 165 cm³/mol. The maximum Gasteiger partial charge on any atom is 0.303 e. The molecule has 0 amide bonds. The Hall–Kier alpha value is -2.71. The summed E-state index contributed by atoms with van der Waals surface area (Å²) in [6, 6.07) is 0. The van der Waals surface area contributed by atoms with E-state index in [1.165, 1.54) is 20.8 Å². The van der Waals surface area contributed by atoms with Gasteiger partial charge in [-0.15, -0.1) is 0 Å². The van der Waals surface area contributed by atoms with Crippen LogP contribution in [0.15, 0.2) is 0 Å². The fourth-order valence-corrected chi connectivity index (χ4v) is 6.79. The van der Waals surface area contributed by atoms with E-state index in [1.54, 1.807) is 0 Å². The zero-order valence-electron chi connectivity index (χ0n) is 27.0. The molecule has 19 heteroatoms. The molecular weight excluding hydrogens is 688 g/mol. The van der Waals surface area contributed by atoms with E-state index in [-0.39, 0.29) is 21.7 Å². The molecule has 2 aliphatic heterocycles. The average Bonchev–Trinajstić information content (AvgIpc) is 3.18. The van der Waals surface area contributed by atoms with E-state index >= 15 is 0 Å². The second-order valence-electron chi connectivity index (χ2n) is 10.3. The van der Waals surface area contributed by atoms with E-state index < -0.39 is 95.5 Å². The summed E-state index contributed by atoms with van der Waals surface area (Å²) >= 11 is 2.29. The Labute approximate surface area is 283 Å². The topological polar surface area (TPSA) is 210 Å². The molecule has 0 bridgehead atoms. The van der Waals surface area contributed by atoms with Gasteiger partial charge >= 0.3 is 29.8 Å². The van der Waals surface area contributed by atoms with Gasteiger partial charge in [-0.1, -0.05) is 35.3 Å². The van der Waals surface area contributed by atoms with Crippen LogP contribution >= 0.6 is 35.3 Å². The third kappa shape index (κ3) is 12.4. The first-order chi connectivity index (χ1) is 21.8. The number of rotatable bonds is 13. The maximum absolute atomic E-state index is 12.4. The Morgan fingerprint density at radius 3 is 1.43 bits per heavy atom. The molecule has 47 heavy (non-hydrogen) atoms. The predicted octanol–water partition coefficient (Wildman–Crippen LogP) is 1.32. The van der Waals surface area contributed by atoms with Gasteiger partial charge < -0.3 is 37.9 Å². The standard InChI is InChI=1S/C28H38O16S3/c1-12(29)37-22-20(9-45-17(6)34)42-27(25(40-15(4)32)24(22)39-14(3)31)44-28(11-47-19(8)36)26(41-16(5)33)23(38-13(2)30)21(43-28)10-46-18(7)35/h20-27H,9-11H2,1-8H3/t20?,21-,22?,23-,24?,25?,26+,27?,28?/m1/s1. The zero-order valence-corrected chi connectivity index (χ0v) is 29.4. The summed E-state index contributed by atoms with van der Waals surface area (Å²) in [6.07, 6.45) is -11.7. The van der Waals surface area contributed by atoms with E-state index in [9.17, 15) is 38.4 Å². The lowest BCUT2D eigenvalue weighted by molar-refractivity contribution is -0.367. The number of thioether (sulfide) groups is 3. The largest absolute Gasteiger partial charge is 0.456 e. The van der Waals surface area contributed by atoms with Crippen LogP contribution in [0.4, 0.5) is 0 Å². The van der Waals surface area contributed by atoms with Gasteiger partial charge in [0, 0.05) is 66.9 Å². The number of hydrogen-bond donors (Lipinski definition) is 0. The number of hydrogen-bond acceptors (Lipinski definition) is 19. The molecule has 2 heterocycles. The van der Waals surface area contributed by atoms with Crippen molar-refractivity contribution in [1.82, 2.24) is 0 Å². The van der Waals surface area contributed by atoms with E-state index in [0.29, 0.717) is 11.8 Å². The Bertz CT molecular complexity index is 1230. The van der Waals surface area contributed by atoms with E-state index in [1.807, 2.05) is 0 Å². The van der Waals surface area contributed by atoms with Crippen molar-refractivity contribution in [3.63, 3.8) is 0 Å². The molecule has 2 fully saturated rings. The van der Waals surface area contributed by atoms with Gasteiger partial charge in [0.15, 0.2) is 45.9 Å². The first-order valence-electron chi connectivity index (χ1n) is 14.1. The average molecular weight is 727 g/mol. The SMILES string of the molecule is CC(=O)OC1C(CSC(C)=O)OC(OC2(CSC(C)=O)O[C@H](CSC(C)=O)[C@@H](OC(C)=O)[C@@H]2OC(C)=O)C(OC(C)=O)C1OC(C)=O. The highest BCUT2D eigenvalue weighted by Gasteiger charge is 2.64. The first-order valence-corrected chi connectivity index (χ1v) is 17.1. The van der Waals surface area contributed by atoms with Crippen molar-refractivity contribution >= 4 is 80.5 Å². The Kier molecular flexibility index (Phi) is 15.6. The highest BCUT2D eigenvalue weighted by atomic mass is 32.2. The molecule has 264 valence electrons. The molecule has 2 saturated heterocycles. The van der Waals surface area contributed by atoms with Gasteiger partial charge in [0.2, 0.25) is 12.1 Å². The van der Waals surface area contributed by atoms with Crippen LogP contribution in [0, 0.1) is 0 Å². The quantitative estimate of drug-likeness (QED) is 0.193. The molecule has 0 N–H and O–H groups in total. The molecule has 9 atom stereocenters. The molecule has 16 nitrogen and oxygen atoms in total. The van der Waals surface area contributed by atoms with Crippen molar-refractivity contribution in [2.45, 2.75) is 110 Å². The Morgan fingerprint density at radius 1 is 0.532 bits per heavy atom. The molecule has 0 aromatic rings. The van der Waals surface area contributed by atoms with E-state index in [0.717, 1.165) is 58.1 Å². The number of carbonyl (C=O) groups excluding carboxylic acids is 8. The van der Waals surface area contributed by atoms with Gasteiger partial charge in [-0.3, -0.25) is 38.4 Å². The molecule has 0 radical (unpaired) electrons. The van der Waals surface area contributed by atoms with Crippen LogP contribution in [0.5, 0.6) is 0 Å². The van der Waals surface area contributed by atoms with Gasteiger partial charge in [0.25, 0.3) is 0 Å². The minimum atomic E-state index is -2.19. The van der Waals surface area contributed by atoms with Crippen LogP contribution in [0.1, 0.15) is 55.4 Å². The Morgan fingerprint density at radius 2 is 0.957 bits per heavy atom. The lowest BCUT2D eigenvalue weighted by atomic mass is 9.98. The molecule has 0 aromatic heterocycles. The zero-order chi connectivity index (χ0) is 35.6. The fourth-order valence-electron chi connectivity index (χ4n) is 4.76. The van der Waals surface area contributed by atoms with Crippen molar-refractivity contribution in [1.29, 1.82) is 0 Å². The normalized spacial score (nSPS) is 30.0. The van der Waals surface area contributed by atoms with Gasteiger partial charge in [-0.05, 0) is 0 Å². The number of carbonyl (C=O) groups is 8.